The van der Waals surface area contributed by atoms with E-state index >= 15 is 0 Å². The van der Waals surface area contributed by atoms with Crippen LogP contribution in [0.1, 0.15) is 5.69 Å². The molecule has 0 aliphatic carbocycles. The lowest BCUT2D eigenvalue weighted by molar-refractivity contribution is -0.127. The third kappa shape index (κ3) is 3.53. The van der Waals surface area contributed by atoms with E-state index in [9.17, 15) is 4.79 Å². The van der Waals surface area contributed by atoms with Crippen molar-refractivity contribution in [2.24, 2.45) is 0 Å². The van der Waals surface area contributed by atoms with Crippen molar-refractivity contribution < 1.29 is 4.79 Å². The van der Waals surface area contributed by atoms with Gasteiger partial charge in [-0.1, -0.05) is 0 Å². The summed E-state index contributed by atoms with van der Waals surface area (Å²) >= 11 is 1.44. The molecule has 19 heavy (non-hydrogen) atoms. The van der Waals surface area contributed by atoms with Crippen LogP contribution in [0.4, 0.5) is 5.13 Å². The molecular weight excluding hydrogens is 262 g/mol. The van der Waals surface area contributed by atoms with Crippen molar-refractivity contribution in [2.45, 2.75) is 6.92 Å². The molecule has 1 aromatic rings. The second kappa shape index (κ2) is 6.31. The normalized spacial score (nSPS) is 16.0. The summed E-state index contributed by atoms with van der Waals surface area (Å²) in [4.78, 5) is 18.0. The average Bonchev–Trinajstić information content (AvgIpc) is 2.86. The number of aromatic nitrogens is 1. The molecule has 0 spiro atoms. The number of carbonyl (C=O) groups is 1. The molecule has 0 unspecified atom stereocenters. The highest BCUT2D eigenvalue weighted by molar-refractivity contribution is 7.13. The van der Waals surface area contributed by atoms with Gasteiger partial charge < -0.3 is 15.5 Å². The maximum absolute atomic E-state index is 12.1. The van der Waals surface area contributed by atoms with Gasteiger partial charge in [0.15, 0.2) is 5.13 Å². The molecule has 2 rings (SSSR count). The quantitative estimate of drug-likeness (QED) is 0.628. The van der Waals surface area contributed by atoms with Crippen LogP contribution < -0.4 is 10.6 Å². The van der Waals surface area contributed by atoms with Crippen molar-refractivity contribution in [2.75, 3.05) is 31.5 Å². The minimum Gasteiger partial charge on any atom is -0.337 e. The first-order valence-corrected chi connectivity index (χ1v) is 6.87. The third-order valence-electron chi connectivity index (χ3n) is 2.71. The van der Waals surface area contributed by atoms with Gasteiger partial charge in [-0.15, -0.1) is 11.3 Å². The molecule has 1 aliphatic heterocycles. The number of hydrogen-bond acceptors (Lipinski definition) is 6. The fraction of sp³-hybridized carbons (Fsp3) is 0.417. The zero-order chi connectivity index (χ0) is 13.7. The molecule has 2 N–H and O–H groups in total. The standard InChI is InChI=1S/C12H15N5OS/c1-9-8-19-12(16-9)15-7-10(6-13)11(18)17-4-2-14-3-5-17/h7-8,14H,2-5H2,1H3,(H,15,16)/b10-7-. The Kier molecular flexibility index (Phi) is 4.49. The average molecular weight is 277 g/mol. The number of carbonyl (C=O) groups excluding carboxylic acids is 1. The van der Waals surface area contributed by atoms with Gasteiger partial charge in [0.25, 0.3) is 5.91 Å². The van der Waals surface area contributed by atoms with E-state index in [1.165, 1.54) is 17.5 Å². The number of nitrogens with zero attached hydrogens (tertiary/aromatic N) is 3. The van der Waals surface area contributed by atoms with E-state index in [-0.39, 0.29) is 11.5 Å². The highest BCUT2D eigenvalue weighted by Gasteiger charge is 2.19. The Labute approximate surface area is 115 Å². The topological polar surface area (TPSA) is 81.0 Å². The van der Waals surface area contributed by atoms with Crippen LogP contribution >= 0.6 is 11.3 Å². The Morgan fingerprint density at radius 2 is 2.37 bits per heavy atom. The number of nitrogens with one attached hydrogen (secondary N) is 2. The van der Waals surface area contributed by atoms with E-state index in [1.54, 1.807) is 4.90 Å². The van der Waals surface area contributed by atoms with E-state index in [2.05, 4.69) is 15.6 Å². The number of piperazine rings is 1. The highest BCUT2D eigenvalue weighted by Crippen LogP contribution is 2.15. The molecule has 6 nitrogen and oxygen atoms in total. The Hall–Kier alpha value is -1.91. The van der Waals surface area contributed by atoms with Crippen LogP contribution in [0.5, 0.6) is 0 Å². The van der Waals surface area contributed by atoms with Crippen LogP contribution in [-0.4, -0.2) is 42.0 Å². The molecule has 0 aromatic carbocycles. The number of thiazole rings is 1. The maximum atomic E-state index is 12.1. The summed E-state index contributed by atoms with van der Waals surface area (Å²) in [6, 6.07) is 1.94. The predicted octanol–water partition coefficient (Wildman–Crippen LogP) is 0.703. The summed E-state index contributed by atoms with van der Waals surface area (Å²) in [5, 5.41) is 17.7. The molecule has 1 aliphatic rings. The van der Waals surface area contributed by atoms with E-state index < -0.39 is 0 Å². The summed E-state index contributed by atoms with van der Waals surface area (Å²) in [7, 11) is 0. The number of amides is 1. The molecule has 0 radical (unpaired) electrons. The van der Waals surface area contributed by atoms with Gasteiger partial charge in [-0.2, -0.15) is 5.26 Å². The van der Waals surface area contributed by atoms with Crippen LogP contribution in [0.25, 0.3) is 0 Å². The minimum absolute atomic E-state index is 0.106. The Balaban J connectivity index is 2.02. The number of anilines is 1. The predicted molar refractivity (Wildman–Crippen MR) is 73.6 cm³/mol. The van der Waals surface area contributed by atoms with E-state index in [0.717, 1.165) is 18.8 Å². The summed E-state index contributed by atoms with van der Waals surface area (Å²) in [6.45, 7) is 4.69. The zero-order valence-electron chi connectivity index (χ0n) is 10.6. The molecule has 1 saturated heterocycles. The zero-order valence-corrected chi connectivity index (χ0v) is 11.5. The molecule has 7 heteroatoms. The largest absolute Gasteiger partial charge is 0.337 e. The first-order chi connectivity index (χ1) is 9.20. The monoisotopic (exact) mass is 277 g/mol. The van der Waals surface area contributed by atoms with Crippen LogP contribution in [0.2, 0.25) is 0 Å². The van der Waals surface area contributed by atoms with Crippen molar-refractivity contribution in [3.05, 3.63) is 22.8 Å². The van der Waals surface area contributed by atoms with Crippen molar-refractivity contribution in [3.8, 4) is 6.07 Å². The van der Waals surface area contributed by atoms with Crippen LogP contribution in [0.15, 0.2) is 17.2 Å². The van der Waals surface area contributed by atoms with Gasteiger partial charge in [0.05, 0.1) is 5.69 Å². The van der Waals surface area contributed by atoms with Gasteiger partial charge in [-0.25, -0.2) is 4.98 Å². The fourth-order valence-electron chi connectivity index (χ4n) is 1.73. The molecule has 0 saturated carbocycles. The lowest BCUT2D eigenvalue weighted by atomic mass is 10.2. The van der Waals surface area contributed by atoms with Gasteiger partial charge >= 0.3 is 0 Å². The molecule has 1 fully saturated rings. The lowest BCUT2D eigenvalue weighted by Gasteiger charge is -2.27. The summed E-state index contributed by atoms with van der Waals surface area (Å²) in [5.41, 5.74) is 1.02. The molecule has 100 valence electrons. The van der Waals surface area contributed by atoms with Crippen LogP contribution in [0.3, 0.4) is 0 Å². The van der Waals surface area contributed by atoms with Crippen molar-refractivity contribution in [1.82, 2.24) is 15.2 Å². The third-order valence-corrected chi connectivity index (χ3v) is 3.61. The van der Waals surface area contributed by atoms with Crippen molar-refractivity contribution in [1.29, 1.82) is 5.26 Å². The van der Waals surface area contributed by atoms with Crippen LogP contribution in [0, 0.1) is 18.3 Å². The van der Waals surface area contributed by atoms with Gasteiger partial charge in [-0.3, -0.25) is 4.79 Å². The molecule has 2 heterocycles. The first kappa shape index (κ1) is 13.5. The van der Waals surface area contributed by atoms with Gasteiger partial charge in [0.1, 0.15) is 11.6 Å². The fourth-order valence-corrected chi connectivity index (χ4v) is 2.39. The smallest absolute Gasteiger partial charge is 0.266 e. The second-order valence-electron chi connectivity index (χ2n) is 4.15. The van der Waals surface area contributed by atoms with Gasteiger partial charge in [0.2, 0.25) is 0 Å². The van der Waals surface area contributed by atoms with Gasteiger partial charge in [-0.05, 0) is 6.92 Å². The summed E-state index contributed by atoms with van der Waals surface area (Å²) in [5.74, 6) is -0.232. The first-order valence-electron chi connectivity index (χ1n) is 5.99. The minimum atomic E-state index is -0.232. The van der Waals surface area contributed by atoms with Crippen LogP contribution in [-0.2, 0) is 4.79 Å². The molecule has 0 atom stereocenters. The Bertz CT molecular complexity index is 524. The molecule has 1 amide bonds. The SMILES string of the molecule is Cc1csc(N/C=C(/C#N)C(=O)N2CCNCC2)n1. The number of rotatable bonds is 3. The van der Waals surface area contributed by atoms with E-state index in [0.29, 0.717) is 18.2 Å². The molecular formula is C12H15N5OS. The summed E-state index contributed by atoms with van der Waals surface area (Å²) < 4.78 is 0. The van der Waals surface area contributed by atoms with Crippen molar-refractivity contribution >= 4 is 22.4 Å². The highest BCUT2D eigenvalue weighted by atomic mass is 32.1. The van der Waals surface area contributed by atoms with Crippen molar-refractivity contribution in [3.63, 3.8) is 0 Å². The second-order valence-corrected chi connectivity index (χ2v) is 5.01. The van der Waals surface area contributed by atoms with E-state index in [4.69, 9.17) is 5.26 Å². The van der Waals surface area contributed by atoms with E-state index in [1.807, 2.05) is 18.4 Å². The lowest BCUT2D eigenvalue weighted by Crippen LogP contribution is -2.46. The number of nitriles is 1. The Morgan fingerprint density at radius 3 is 2.95 bits per heavy atom. The molecule has 1 aromatic heterocycles. The number of hydrogen-bond donors (Lipinski definition) is 2. The molecule has 0 bridgehead atoms. The Morgan fingerprint density at radius 1 is 1.63 bits per heavy atom. The van der Waals surface area contributed by atoms with Gasteiger partial charge in [0, 0.05) is 37.8 Å². The summed E-state index contributed by atoms with van der Waals surface area (Å²) in [6.07, 6.45) is 1.43. The maximum Gasteiger partial charge on any atom is 0.266 e. The number of aryl methyl sites for hydroxylation is 1.